The van der Waals surface area contributed by atoms with E-state index in [0.717, 1.165) is 58.0 Å². The Kier molecular flexibility index (Phi) is 14.3. The lowest BCUT2D eigenvalue weighted by Crippen LogP contribution is -2.62. The Balaban J connectivity index is 1.23. The lowest BCUT2D eigenvalue weighted by molar-refractivity contribution is 0.0234. The molecule has 1 N–H and O–H groups in total. The first-order valence-electron chi connectivity index (χ1n) is 21.0. The highest BCUT2D eigenvalue weighted by molar-refractivity contribution is 5.74. The van der Waals surface area contributed by atoms with E-state index in [-0.39, 0.29) is 23.2 Å². The summed E-state index contributed by atoms with van der Waals surface area (Å²) in [5, 5.41) is 18.2. The van der Waals surface area contributed by atoms with Gasteiger partial charge in [-0.3, -0.25) is 4.68 Å². The maximum absolute atomic E-state index is 12.5. The van der Waals surface area contributed by atoms with Crippen LogP contribution in [0.1, 0.15) is 72.4 Å². The summed E-state index contributed by atoms with van der Waals surface area (Å²) in [4.78, 5) is 16.3. The summed E-state index contributed by atoms with van der Waals surface area (Å²) in [5.74, 6) is 3.07. The topological polar surface area (TPSA) is 125 Å². The molecule has 326 valence electrons. The molecule has 1 fully saturated rings. The van der Waals surface area contributed by atoms with E-state index in [0.29, 0.717) is 50.9 Å². The van der Waals surface area contributed by atoms with Gasteiger partial charge in [0.25, 0.3) is 0 Å². The molecule has 5 aromatic rings. The molecule has 0 saturated carbocycles. The predicted octanol–water partition coefficient (Wildman–Crippen LogP) is 8.65. The SMILES string of the molecule is COc1ccc(COc2cc(-c3cnn(Cc4ccc(OC)cc4)c3)ccc2-c2ccc(N(CCOCCN(C)C(=O)OC(C)(C)C)C3CC(C)(C)NC(C)(C)C3)nn2)cc1. The fourth-order valence-electron chi connectivity index (χ4n) is 7.93. The van der Waals surface area contributed by atoms with Gasteiger partial charge in [-0.05, 0) is 127 Å². The number of aromatic nitrogens is 4. The molecule has 0 aliphatic carbocycles. The van der Waals surface area contributed by atoms with Crippen molar-refractivity contribution in [3.63, 3.8) is 0 Å². The maximum Gasteiger partial charge on any atom is 0.410 e. The summed E-state index contributed by atoms with van der Waals surface area (Å²) < 4.78 is 30.8. The quantitative estimate of drug-likeness (QED) is 0.0906. The monoisotopic (exact) mass is 833 g/mol. The van der Waals surface area contributed by atoms with Crippen LogP contribution in [0.5, 0.6) is 17.2 Å². The van der Waals surface area contributed by atoms with Crippen LogP contribution < -0.4 is 24.4 Å². The summed E-state index contributed by atoms with van der Waals surface area (Å²) in [6.45, 7) is 17.4. The van der Waals surface area contributed by atoms with E-state index >= 15 is 0 Å². The van der Waals surface area contributed by atoms with Crippen LogP contribution in [0, 0.1) is 0 Å². The van der Waals surface area contributed by atoms with Gasteiger partial charge in [0.2, 0.25) is 0 Å². The van der Waals surface area contributed by atoms with Crippen molar-refractivity contribution in [1.29, 1.82) is 0 Å². The van der Waals surface area contributed by atoms with E-state index in [4.69, 9.17) is 33.9 Å². The van der Waals surface area contributed by atoms with Crippen molar-refractivity contribution in [1.82, 2.24) is 30.2 Å². The first kappa shape index (κ1) is 44.9. The van der Waals surface area contributed by atoms with Crippen molar-refractivity contribution in [2.24, 2.45) is 0 Å². The van der Waals surface area contributed by atoms with Crippen LogP contribution in [0.4, 0.5) is 10.6 Å². The third-order valence-corrected chi connectivity index (χ3v) is 10.6. The Morgan fingerprint density at radius 1 is 0.820 bits per heavy atom. The zero-order chi connectivity index (χ0) is 43.8. The second-order valence-electron chi connectivity index (χ2n) is 18.1. The molecular formula is C48H63N7O6. The molecule has 3 heterocycles. The maximum atomic E-state index is 12.5. The van der Waals surface area contributed by atoms with Gasteiger partial charge in [-0.1, -0.05) is 30.3 Å². The number of nitrogens with one attached hydrogen (secondary N) is 1. The third-order valence-electron chi connectivity index (χ3n) is 10.6. The van der Waals surface area contributed by atoms with Gasteiger partial charge >= 0.3 is 6.09 Å². The number of carbonyl (C=O) groups excluding carboxylic acids is 1. The highest BCUT2D eigenvalue weighted by Gasteiger charge is 2.40. The van der Waals surface area contributed by atoms with E-state index in [1.54, 1.807) is 26.2 Å². The number of methoxy groups -OCH3 is 2. The van der Waals surface area contributed by atoms with Crippen LogP contribution in [0.3, 0.4) is 0 Å². The molecule has 61 heavy (non-hydrogen) atoms. The molecule has 13 nitrogen and oxygen atoms in total. The second kappa shape index (κ2) is 19.4. The molecule has 0 bridgehead atoms. The lowest BCUT2D eigenvalue weighted by Gasteiger charge is -2.49. The van der Waals surface area contributed by atoms with Crippen LogP contribution in [0.2, 0.25) is 0 Å². The van der Waals surface area contributed by atoms with Gasteiger partial charge in [0.15, 0.2) is 5.82 Å². The molecule has 0 radical (unpaired) electrons. The number of amides is 1. The highest BCUT2D eigenvalue weighted by Crippen LogP contribution is 2.36. The second-order valence-corrected chi connectivity index (χ2v) is 18.1. The number of benzene rings is 3. The van der Waals surface area contributed by atoms with Crippen molar-refractivity contribution in [3.8, 4) is 39.6 Å². The molecule has 0 unspecified atom stereocenters. The molecule has 6 rings (SSSR count). The van der Waals surface area contributed by atoms with Crippen molar-refractivity contribution < 1.29 is 28.5 Å². The van der Waals surface area contributed by atoms with Crippen LogP contribution in [0.15, 0.2) is 91.3 Å². The Bertz CT molecular complexity index is 2160. The Morgan fingerprint density at radius 3 is 2.07 bits per heavy atom. The molecule has 1 aliphatic heterocycles. The molecule has 0 atom stereocenters. The Morgan fingerprint density at radius 2 is 1.46 bits per heavy atom. The van der Waals surface area contributed by atoms with Crippen LogP contribution in [-0.4, -0.2) is 101 Å². The van der Waals surface area contributed by atoms with Gasteiger partial charge in [0, 0.05) is 54.6 Å². The lowest BCUT2D eigenvalue weighted by atomic mass is 9.79. The average Bonchev–Trinajstić information content (AvgIpc) is 3.68. The summed E-state index contributed by atoms with van der Waals surface area (Å²) in [5.41, 5.74) is 4.87. The number of likely N-dealkylation sites (N-methyl/N-ethyl adjacent to an activating group) is 1. The molecule has 3 aromatic carbocycles. The fourth-order valence-corrected chi connectivity index (χ4v) is 7.93. The van der Waals surface area contributed by atoms with Crippen molar-refractivity contribution in [3.05, 3.63) is 102 Å². The minimum Gasteiger partial charge on any atom is -0.497 e. The number of rotatable bonds is 17. The third kappa shape index (κ3) is 12.7. The zero-order valence-electron chi connectivity index (χ0n) is 37.5. The standard InChI is InChI=1S/C48H63N7O6/c1-46(2,3)61-45(56)53(8)23-25-59-26-24-55(38-28-47(4,5)52-48(6,7)29-38)44-22-21-42(50-51-44)41-20-15-36(27-43(41)60-33-35-13-18-40(58-10)19-14-35)37-30-49-54(32-37)31-34-11-16-39(57-9)17-12-34/h11-22,27,30,32,38,52H,23-26,28-29,31,33H2,1-10H3. The Labute approximate surface area is 361 Å². The molecule has 1 aliphatic rings. The van der Waals surface area contributed by atoms with Gasteiger partial charge in [-0.2, -0.15) is 5.10 Å². The fraction of sp³-hybridized carbons (Fsp3) is 0.458. The van der Waals surface area contributed by atoms with Crippen molar-refractivity contribution >= 4 is 11.9 Å². The molecule has 13 heteroatoms. The number of piperidine rings is 1. The van der Waals surface area contributed by atoms with E-state index in [9.17, 15) is 4.79 Å². The number of hydrogen-bond acceptors (Lipinski definition) is 11. The summed E-state index contributed by atoms with van der Waals surface area (Å²) in [6, 6.07) is 26.3. The van der Waals surface area contributed by atoms with Gasteiger partial charge in [0.05, 0.1) is 45.9 Å². The van der Waals surface area contributed by atoms with Gasteiger partial charge in [-0.25, -0.2) is 4.79 Å². The summed E-state index contributed by atoms with van der Waals surface area (Å²) in [6.07, 6.45) is 5.39. The number of carbonyl (C=O) groups is 1. The van der Waals surface area contributed by atoms with Gasteiger partial charge in [0.1, 0.15) is 29.5 Å². The smallest absolute Gasteiger partial charge is 0.410 e. The van der Waals surface area contributed by atoms with Gasteiger partial charge < -0.3 is 38.8 Å². The van der Waals surface area contributed by atoms with Crippen molar-refractivity contribution in [2.75, 3.05) is 52.5 Å². The number of ether oxygens (including phenoxy) is 5. The predicted molar refractivity (Wildman–Crippen MR) is 239 cm³/mol. The van der Waals surface area contributed by atoms with Gasteiger partial charge in [-0.15, -0.1) is 10.2 Å². The van der Waals surface area contributed by atoms with Crippen molar-refractivity contribution in [2.45, 2.75) is 97.2 Å². The first-order valence-corrected chi connectivity index (χ1v) is 21.0. The summed E-state index contributed by atoms with van der Waals surface area (Å²) in [7, 11) is 5.05. The van der Waals surface area contributed by atoms with Crippen LogP contribution >= 0.6 is 0 Å². The highest BCUT2D eigenvalue weighted by atomic mass is 16.6. The Hall–Kier alpha value is -5.66. The molecule has 1 amide bonds. The van der Waals surface area contributed by atoms with E-state index in [1.807, 2.05) is 111 Å². The zero-order valence-corrected chi connectivity index (χ0v) is 37.5. The van der Waals surface area contributed by atoms with E-state index in [2.05, 4.69) is 49.1 Å². The summed E-state index contributed by atoms with van der Waals surface area (Å²) >= 11 is 0. The first-order chi connectivity index (χ1) is 29.0. The number of hydrogen-bond donors (Lipinski definition) is 1. The van der Waals surface area contributed by atoms with E-state index in [1.165, 1.54) is 0 Å². The normalized spacial score (nSPS) is 14.9. The minimum absolute atomic E-state index is 0.0843. The molecule has 2 aromatic heterocycles. The molecule has 1 saturated heterocycles. The molecule has 0 spiro atoms. The number of anilines is 1. The van der Waals surface area contributed by atoms with Crippen LogP contribution in [-0.2, 0) is 22.6 Å². The molecular weight excluding hydrogens is 771 g/mol. The number of nitrogens with zero attached hydrogens (tertiary/aromatic N) is 6. The largest absolute Gasteiger partial charge is 0.497 e. The minimum atomic E-state index is -0.556. The average molecular weight is 834 g/mol. The van der Waals surface area contributed by atoms with E-state index < -0.39 is 5.60 Å². The van der Waals surface area contributed by atoms with Crippen LogP contribution in [0.25, 0.3) is 22.4 Å².